The van der Waals surface area contributed by atoms with Crippen molar-refractivity contribution in [2.75, 3.05) is 11.4 Å². The minimum absolute atomic E-state index is 0.0566. The standard InChI is InChI=1S/C32H27N3O3S/c36-27(15-19-11-12-19)28-17-21-13-14-35(26-10-2-1-8-24(26)30(21)39-28)32(38)25-9-4-7-23(34-25)16-20-5-3-6-22-18-33-31(37)29(20)22/h1-10,17,19H,11-16,18H2,(H,33,37). The predicted molar refractivity (Wildman–Crippen MR) is 151 cm³/mol. The molecule has 1 saturated carbocycles. The molecule has 0 atom stereocenters. The summed E-state index contributed by atoms with van der Waals surface area (Å²) >= 11 is 1.56. The van der Waals surface area contributed by atoms with Crippen LogP contribution < -0.4 is 10.2 Å². The third-order valence-corrected chi connectivity index (χ3v) is 9.10. The van der Waals surface area contributed by atoms with Crippen LogP contribution in [0.2, 0.25) is 0 Å². The Kier molecular flexibility index (Phi) is 5.89. The number of ketones is 1. The van der Waals surface area contributed by atoms with E-state index in [4.69, 9.17) is 4.98 Å². The molecule has 2 amide bonds. The maximum Gasteiger partial charge on any atom is 0.276 e. The van der Waals surface area contributed by atoms with Crippen molar-refractivity contribution in [3.8, 4) is 10.4 Å². The summed E-state index contributed by atoms with van der Waals surface area (Å²) < 4.78 is 0. The average molecular weight is 534 g/mol. The Morgan fingerprint density at radius 1 is 1.00 bits per heavy atom. The van der Waals surface area contributed by atoms with Crippen molar-refractivity contribution in [3.63, 3.8) is 0 Å². The summed E-state index contributed by atoms with van der Waals surface area (Å²) in [5, 5.41) is 2.89. The van der Waals surface area contributed by atoms with Crippen LogP contribution in [0.5, 0.6) is 0 Å². The molecule has 7 rings (SSSR count). The Bertz CT molecular complexity index is 1650. The first kappa shape index (κ1) is 24.0. The van der Waals surface area contributed by atoms with Crippen LogP contribution in [0.4, 0.5) is 5.69 Å². The predicted octanol–water partition coefficient (Wildman–Crippen LogP) is 5.83. The molecule has 1 aliphatic carbocycles. The Morgan fingerprint density at radius 2 is 1.85 bits per heavy atom. The number of hydrogen-bond acceptors (Lipinski definition) is 5. The van der Waals surface area contributed by atoms with E-state index in [2.05, 4.69) is 5.32 Å². The lowest BCUT2D eigenvalue weighted by molar-refractivity contribution is 0.0960. The van der Waals surface area contributed by atoms with Gasteiger partial charge in [0, 0.05) is 47.6 Å². The number of rotatable bonds is 6. The number of anilines is 1. The monoisotopic (exact) mass is 533 g/mol. The topological polar surface area (TPSA) is 79.4 Å². The first-order chi connectivity index (χ1) is 19.0. The molecule has 4 aromatic rings. The van der Waals surface area contributed by atoms with Gasteiger partial charge in [0.05, 0.1) is 10.6 Å². The highest BCUT2D eigenvalue weighted by molar-refractivity contribution is 7.17. The van der Waals surface area contributed by atoms with E-state index in [1.54, 1.807) is 17.4 Å². The molecule has 7 heteroatoms. The Hall–Kier alpha value is -4.10. The molecule has 4 heterocycles. The van der Waals surface area contributed by atoms with E-state index >= 15 is 0 Å². The number of benzene rings is 2. The minimum atomic E-state index is -0.152. The summed E-state index contributed by atoms with van der Waals surface area (Å²) in [6, 6.07) is 21.4. The van der Waals surface area contributed by atoms with Gasteiger partial charge in [-0.3, -0.25) is 14.4 Å². The van der Waals surface area contributed by atoms with Crippen molar-refractivity contribution in [2.45, 2.75) is 38.6 Å². The number of thiophene rings is 1. The van der Waals surface area contributed by atoms with Gasteiger partial charge < -0.3 is 10.2 Å². The number of nitrogens with zero attached hydrogens (tertiary/aromatic N) is 2. The number of aromatic nitrogens is 1. The highest BCUT2D eigenvalue weighted by Crippen LogP contribution is 2.43. The van der Waals surface area contributed by atoms with Crippen molar-refractivity contribution in [2.24, 2.45) is 5.92 Å². The molecule has 2 aromatic heterocycles. The van der Waals surface area contributed by atoms with Crippen molar-refractivity contribution < 1.29 is 14.4 Å². The molecule has 2 aliphatic heterocycles. The van der Waals surface area contributed by atoms with Crippen LogP contribution in [-0.2, 0) is 19.4 Å². The smallest absolute Gasteiger partial charge is 0.276 e. The second kappa shape index (κ2) is 9.58. The summed E-state index contributed by atoms with van der Waals surface area (Å²) in [5.41, 5.74) is 6.70. The lowest BCUT2D eigenvalue weighted by atomic mass is 9.99. The molecule has 0 bridgehead atoms. The molecule has 0 spiro atoms. The van der Waals surface area contributed by atoms with Gasteiger partial charge in [-0.15, -0.1) is 11.3 Å². The fourth-order valence-electron chi connectivity index (χ4n) is 5.66. The molecule has 194 valence electrons. The summed E-state index contributed by atoms with van der Waals surface area (Å²) in [6.45, 7) is 1.05. The molecule has 39 heavy (non-hydrogen) atoms. The van der Waals surface area contributed by atoms with Crippen molar-refractivity contribution in [1.29, 1.82) is 0 Å². The number of pyridine rings is 1. The maximum atomic E-state index is 13.9. The normalized spacial score (nSPS) is 15.7. The zero-order valence-electron chi connectivity index (χ0n) is 21.4. The highest BCUT2D eigenvalue weighted by atomic mass is 32.1. The van der Waals surface area contributed by atoms with Crippen molar-refractivity contribution >= 4 is 34.6 Å². The summed E-state index contributed by atoms with van der Waals surface area (Å²) in [6.07, 6.45) is 4.12. The summed E-state index contributed by atoms with van der Waals surface area (Å²) in [5.74, 6) is 0.589. The van der Waals surface area contributed by atoms with E-state index in [1.165, 1.54) is 0 Å². The Balaban J connectivity index is 1.18. The van der Waals surface area contributed by atoms with Gasteiger partial charge in [0.2, 0.25) is 0 Å². The van der Waals surface area contributed by atoms with E-state index in [0.717, 1.165) is 61.8 Å². The lowest BCUT2D eigenvalue weighted by Crippen LogP contribution is -2.33. The van der Waals surface area contributed by atoms with Crippen LogP contribution in [0.3, 0.4) is 0 Å². The molecule has 1 fully saturated rings. The third kappa shape index (κ3) is 4.46. The van der Waals surface area contributed by atoms with Crippen LogP contribution in [-0.4, -0.2) is 29.1 Å². The summed E-state index contributed by atoms with van der Waals surface area (Å²) in [7, 11) is 0. The van der Waals surface area contributed by atoms with E-state index in [1.807, 2.05) is 65.6 Å². The second-order valence-electron chi connectivity index (χ2n) is 10.6. The number of carbonyl (C=O) groups is 3. The minimum Gasteiger partial charge on any atom is -0.348 e. The fraction of sp³-hybridized carbons (Fsp3) is 0.250. The van der Waals surface area contributed by atoms with Gasteiger partial charge in [0.1, 0.15) is 5.69 Å². The molecule has 0 unspecified atom stereocenters. The number of para-hydroxylation sites is 1. The van der Waals surface area contributed by atoms with Gasteiger partial charge >= 0.3 is 0 Å². The fourth-order valence-corrected chi connectivity index (χ4v) is 6.86. The molecule has 6 nitrogen and oxygen atoms in total. The molecule has 2 aromatic carbocycles. The summed E-state index contributed by atoms with van der Waals surface area (Å²) in [4.78, 5) is 47.6. The molecular weight excluding hydrogens is 506 g/mol. The quantitative estimate of drug-likeness (QED) is 0.316. The van der Waals surface area contributed by atoms with E-state index in [-0.39, 0.29) is 17.6 Å². The van der Waals surface area contributed by atoms with Gasteiger partial charge in [-0.2, -0.15) is 0 Å². The number of Topliss-reactive ketones (excluding diaryl/α,β-unsaturated/α-hetero) is 1. The lowest BCUT2D eigenvalue weighted by Gasteiger charge is -2.23. The van der Waals surface area contributed by atoms with Crippen LogP contribution >= 0.6 is 11.3 Å². The van der Waals surface area contributed by atoms with E-state index in [9.17, 15) is 14.4 Å². The molecule has 0 saturated heterocycles. The first-order valence-corrected chi connectivity index (χ1v) is 14.3. The third-order valence-electron chi connectivity index (χ3n) is 7.85. The van der Waals surface area contributed by atoms with E-state index in [0.29, 0.717) is 44.0 Å². The average Bonchev–Trinajstić information content (AvgIpc) is 3.57. The van der Waals surface area contributed by atoms with Gasteiger partial charge in [-0.25, -0.2) is 4.98 Å². The van der Waals surface area contributed by atoms with E-state index < -0.39 is 0 Å². The van der Waals surface area contributed by atoms with Gasteiger partial charge in [-0.1, -0.05) is 42.5 Å². The van der Waals surface area contributed by atoms with Crippen LogP contribution in [0.1, 0.15) is 72.2 Å². The SMILES string of the molecule is O=C(CC1CC1)c1cc2c(s1)-c1ccccc1N(C(=O)c1cccc(Cc3cccc4c3C(=O)NC4)n1)CC2. The molecule has 1 N–H and O–H groups in total. The highest BCUT2D eigenvalue weighted by Gasteiger charge is 2.30. The maximum absolute atomic E-state index is 13.9. The van der Waals surface area contributed by atoms with Gasteiger partial charge in [0.25, 0.3) is 11.8 Å². The van der Waals surface area contributed by atoms with Gasteiger partial charge in [-0.05, 0) is 66.1 Å². The number of nitrogens with one attached hydrogen (secondary N) is 1. The van der Waals surface area contributed by atoms with Crippen LogP contribution in [0.15, 0.2) is 66.7 Å². The molecular formula is C32H27N3O3S. The number of hydrogen-bond donors (Lipinski definition) is 1. The van der Waals surface area contributed by atoms with Crippen molar-refractivity contribution in [3.05, 3.63) is 105 Å². The zero-order chi connectivity index (χ0) is 26.5. The number of amides is 2. The molecule has 3 aliphatic rings. The Morgan fingerprint density at radius 3 is 2.72 bits per heavy atom. The number of carbonyl (C=O) groups excluding carboxylic acids is 3. The molecule has 0 radical (unpaired) electrons. The largest absolute Gasteiger partial charge is 0.348 e. The Labute approximate surface area is 230 Å². The second-order valence-corrected chi connectivity index (χ2v) is 11.6. The zero-order valence-corrected chi connectivity index (χ0v) is 22.2. The first-order valence-electron chi connectivity index (χ1n) is 13.5. The van der Waals surface area contributed by atoms with Crippen LogP contribution in [0, 0.1) is 5.92 Å². The van der Waals surface area contributed by atoms with Gasteiger partial charge in [0.15, 0.2) is 5.78 Å². The van der Waals surface area contributed by atoms with Crippen molar-refractivity contribution in [1.82, 2.24) is 10.3 Å². The van der Waals surface area contributed by atoms with Crippen LogP contribution in [0.25, 0.3) is 10.4 Å². The number of fused-ring (bicyclic) bond motifs is 4.